The highest BCUT2D eigenvalue weighted by Gasteiger charge is 2.36. The molecular formula is C23H20F3NO7. The number of ether oxygens (including phenoxy) is 3. The van der Waals surface area contributed by atoms with E-state index in [0.29, 0.717) is 0 Å². The summed E-state index contributed by atoms with van der Waals surface area (Å²) in [5.74, 6) is -3.77. The summed E-state index contributed by atoms with van der Waals surface area (Å²) in [5.41, 5.74) is -0.672. The molecule has 3 rings (SSSR count). The van der Waals surface area contributed by atoms with Crippen LogP contribution in [-0.2, 0) is 31.8 Å². The van der Waals surface area contributed by atoms with Gasteiger partial charge in [0.1, 0.15) is 5.75 Å². The summed E-state index contributed by atoms with van der Waals surface area (Å²) < 4.78 is 53.4. The number of hydrogen-bond acceptors (Lipinski definition) is 7. The number of halogens is 3. The van der Waals surface area contributed by atoms with Crippen molar-refractivity contribution in [2.45, 2.75) is 19.1 Å². The molecule has 1 aliphatic rings. The Bertz CT molecular complexity index is 1100. The van der Waals surface area contributed by atoms with Gasteiger partial charge >= 0.3 is 24.1 Å². The maximum absolute atomic E-state index is 12.9. The SMILES string of the molecule is COC(=O)c1cc(OC(=O)C2CC(=O)N(Cc3cccc(C(F)(F)F)c3)C2)cc(C(=O)OC)c1. The molecule has 1 fully saturated rings. The van der Waals surface area contributed by atoms with Gasteiger partial charge in [-0.05, 0) is 35.9 Å². The second kappa shape index (κ2) is 9.94. The summed E-state index contributed by atoms with van der Waals surface area (Å²) in [6, 6.07) is 8.20. The predicted octanol–water partition coefficient (Wildman–Crippen LogP) is 3.23. The van der Waals surface area contributed by atoms with E-state index in [0.717, 1.165) is 26.4 Å². The monoisotopic (exact) mass is 479 g/mol. The first kappa shape index (κ1) is 24.7. The molecule has 0 bridgehead atoms. The smallest absolute Gasteiger partial charge is 0.416 e. The Morgan fingerprint density at radius 2 is 1.62 bits per heavy atom. The van der Waals surface area contributed by atoms with Crippen LogP contribution in [-0.4, -0.2) is 49.5 Å². The summed E-state index contributed by atoms with van der Waals surface area (Å²) in [4.78, 5) is 50.1. The zero-order valence-corrected chi connectivity index (χ0v) is 18.2. The van der Waals surface area contributed by atoms with Gasteiger partial charge in [0.05, 0.1) is 36.8 Å². The predicted molar refractivity (Wildman–Crippen MR) is 110 cm³/mol. The molecule has 0 aromatic heterocycles. The maximum Gasteiger partial charge on any atom is 0.416 e. The zero-order chi connectivity index (χ0) is 25.0. The number of rotatable bonds is 6. The van der Waals surface area contributed by atoms with Gasteiger partial charge in [0.2, 0.25) is 5.91 Å². The Morgan fingerprint density at radius 1 is 1.00 bits per heavy atom. The van der Waals surface area contributed by atoms with Crippen LogP contribution in [0.1, 0.15) is 38.3 Å². The minimum atomic E-state index is -4.51. The molecule has 1 aliphatic heterocycles. The average molecular weight is 479 g/mol. The number of amides is 1. The number of likely N-dealkylation sites (tertiary alicyclic amines) is 1. The molecule has 2 aromatic carbocycles. The standard InChI is InChI=1S/C23H20F3NO7/c1-32-20(29)14-7-15(21(30)33-2)9-18(8-14)34-22(31)16-10-19(28)27(12-16)11-13-4-3-5-17(6-13)23(24,25)26/h3-9,16H,10-12H2,1-2H3. The first-order valence-electron chi connectivity index (χ1n) is 9.99. The van der Waals surface area contributed by atoms with E-state index in [2.05, 4.69) is 9.47 Å². The van der Waals surface area contributed by atoms with Crippen LogP contribution in [0.4, 0.5) is 13.2 Å². The van der Waals surface area contributed by atoms with Crippen LogP contribution in [0, 0.1) is 5.92 Å². The van der Waals surface area contributed by atoms with Crippen LogP contribution in [0.15, 0.2) is 42.5 Å². The van der Waals surface area contributed by atoms with Crippen molar-refractivity contribution in [3.05, 3.63) is 64.7 Å². The number of hydrogen-bond donors (Lipinski definition) is 0. The highest BCUT2D eigenvalue weighted by Crippen LogP contribution is 2.30. The van der Waals surface area contributed by atoms with Gasteiger partial charge in [-0.25, -0.2) is 9.59 Å². The second-order valence-electron chi connectivity index (χ2n) is 7.52. The van der Waals surface area contributed by atoms with Gasteiger partial charge in [-0.3, -0.25) is 9.59 Å². The number of carbonyl (C=O) groups is 4. The third-order valence-electron chi connectivity index (χ3n) is 5.14. The molecule has 1 heterocycles. The van der Waals surface area contributed by atoms with Crippen LogP contribution in [0.5, 0.6) is 5.75 Å². The molecular weight excluding hydrogens is 459 g/mol. The van der Waals surface area contributed by atoms with E-state index in [1.54, 1.807) is 0 Å². The minimum absolute atomic E-state index is 0.0538. The molecule has 1 amide bonds. The van der Waals surface area contributed by atoms with Crippen LogP contribution < -0.4 is 4.74 Å². The summed E-state index contributed by atoms with van der Waals surface area (Å²) in [6.45, 7) is -0.161. The molecule has 0 spiro atoms. The van der Waals surface area contributed by atoms with Crippen molar-refractivity contribution in [1.29, 1.82) is 0 Å². The quantitative estimate of drug-likeness (QED) is 0.463. The minimum Gasteiger partial charge on any atom is -0.465 e. The van der Waals surface area contributed by atoms with Crippen LogP contribution in [0.25, 0.3) is 0 Å². The van der Waals surface area contributed by atoms with Gasteiger partial charge in [0, 0.05) is 19.5 Å². The van der Waals surface area contributed by atoms with E-state index in [9.17, 15) is 32.3 Å². The van der Waals surface area contributed by atoms with Gasteiger partial charge in [-0.1, -0.05) is 12.1 Å². The molecule has 8 nitrogen and oxygen atoms in total. The van der Waals surface area contributed by atoms with Gasteiger partial charge < -0.3 is 19.1 Å². The Hall–Kier alpha value is -3.89. The number of esters is 3. The number of nitrogens with zero attached hydrogens (tertiary/aromatic N) is 1. The Morgan fingerprint density at radius 3 is 2.18 bits per heavy atom. The molecule has 0 saturated carbocycles. The molecule has 0 N–H and O–H groups in total. The number of benzene rings is 2. The van der Waals surface area contributed by atoms with E-state index < -0.39 is 41.5 Å². The van der Waals surface area contributed by atoms with Crippen molar-refractivity contribution in [3.8, 4) is 5.75 Å². The molecule has 2 aromatic rings. The summed E-state index contributed by atoms with van der Waals surface area (Å²) in [7, 11) is 2.28. The third kappa shape index (κ3) is 5.72. The normalized spacial score (nSPS) is 15.7. The second-order valence-corrected chi connectivity index (χ2v) is 7.52. The molecule has 34 heavy (non-hydrogen) atoms. The Labute approximate surface area is 192 Å². The molecule has 0 aliphatic carbocycles. The number of carbonyl (C=O) groups excluding carboxylic acids is 4. The van der Waals surface area contributed by atoms with Crippen molar-refractivity contribution in [3.63, 3.8) is 0 Å². The largest absolute Gasteiger partial charge is 0.465 e. The molecule has 180 valence electrons. The first-order valence-corrected chi connectivity index (χ1v) is 9.99. The Balaban J connectivity index is 1.73. The lowest BCUT2D eigenvalue weighted by Gasteiger charge is -2.17. The highest BCUT2D eigenvalue weighted by molar-refractivity contribution is 5.96. The molecule has 1 unspecified atom stereocenters. The van der Waals surface area contributed by atoms with E-state index in [1.165, 1.54) is 35.2 Å². The van der Waals surface area contributed by atoms with E-state index in [1.807, 2.05) is 0 Å². The van der Waals surface area contributed by atoms with E-state index >= 15 is 0 Å². The van der Waals surface area contributed by atoms with Crippen molar-refractivity contribution >= 4 is 23.8 Å². The van der Waals surface area contributed by atoms with Crippen LogP contribution in [0.3, 0.4) is 0 Å². The maximum atomic E-state index is 12.9. The van der Waals surface area contributed by atoms with Crippen molar-refractivity contribution < 1.29 is 46.6 Å². The summed E-state index contributed by atoms with van der Waals surface area (Å²) in [5, 5.41) is 0. The summed E-state index contributed by atoms with van der Waals surface area (Å²) in [6.07, 6.45) is -4.71. The number of alkyl halides is 3. The van der Waals surface area contributed by atoms with Crippen LogP contribution >= 0.6 is 0 Å². The fourth-order valence-corrected chi connectivity index (χ4v) is 3.48. The topological polar surface area (TPSA) is 99.2 Å². The van der Waals surface area contributed by atoms with Gasteiger partial charge in [0.15, 0.2) is 0 Å². The lowest BCUT2D eigenvalue weighted by molar-refractivity contribution is -0.139. The van der Waals surface area contributed by atoms with E-state index in [4.69, 9.17) is 4.74 Å². The average Bonchev–Trinajstić information content (AvgIpc) is 3.17. The first-order chi connectivity index (χ1) is 16.0. The van der Waals surface area contributed by atoms with Crippen molar-refractivity contribution in [2.75, 3.05) is 20.8 Å². The van der Waals surface area contributed by atoms with Gasteiger partial charge in [-0.15, -0.1) is 0 Å². The molecule has 11 heteroatoms. The summed E-state index contributed by atoms with van der Waals surface area (Å²) >= 11 is 0. The molecule has 1 atom stereocenters. The number of methoxy groups -OCH3 is 2. The van der Waals surface area contributed by atoms with Crippen LogP contribution in [0.2, 0.25) is 0 Å². The van der Waals surface area contributed by atoms with Crippen molar-refractivity contribution in [2.24, 2.45) is 5.92 Å². The van der Waals surface area contributed by atoms with Crippen molar-refractivity contribution in [1.82, 2.24) is 4.90 Å². The zero-order valence-electron chi connectivity index (χ0n) is 18.2. The Kier molecular flexibility index (Phi) is 7.23. The fraction of sp³-hybridized carbons (Fsp3) is 0.304. The highest BCUT2D eigenvalue weighted by atomic mass is 19.4. The van der Waals surface area contributed by atoms with Gasteiger partial charge in [-0.2, -0.15) is 13.2 Å². The van der Waals surface area contributed by atoms with Gasteiger partial charge in [0.25, 0.3) is 0 Å². The lowest BCUT2D eigenvalue weighted by atomic mass is 10.1. The molecule has 0 radical (unpaired) electrons. The molecule has 1 saturated heterocycles. The fourth-order valence-electron chi connectivity index (χ4n) is 3.48. The third-order valence-corrected chi connectivity index (χ3v) is 5.14. The lowest BCUT2D eigenvalue weighted by Crippen LogP contribution is -2.27. The van der Waals surface area contributed by atoms with E-state index in [-0.39, 0.29) is 42.0 Å².